The van der Waals surface area contributed by atoms with Crippen molar-refractivity contribution in [3.05, 3.63) is 71.0 Å². The molecular formula is C20H22N4O4S. The first kappa shape index (κ1) is 20.4. The van der Waals surface area contributed by atoms with E-state index in [4.69, 9.17) is 10.5 Å². The summed E-state index contributed by atoms with van der Waals surface area (Å²) in [6, 6.07) is 13.7. The molecule has 29 heavy (non-hydrogen) atoms. The van der Waals surface area contributed by atoms with Gasteiger partial charge >= 0.3 is 0 Å². The Morgan fingerprint density at radius 2 is 1.86 bits per heavy atom. The average molecular weight is 414 g/mol. The number of primary amides is 1. The van der Waals surface area contributed by atoms with E-state index in [0.29, 0.717) is 23.6 Å². The first-order chi connectivity index (χ1) is 13.7. The average Bonchev–Trinajstić information content (AvgIpc) is 2.95. The molecule has 1 heterocycles. The highest BCUT2D eigenvalue weighted by Gasteiger charge is 2.22. The van der Waals surface area contributed by atoms with Crippen molar-refractivity contribution in [1.82, 2.24) is 9.78 Å². The zero-order valence-electron chi connectivity index (χ0n) is 16.3. The van der Waals surface area contributed by atoms with Gasteiger partial charge in [0.1, 0.15) is 5.75 Å². The molecule has 1 aromatic heterocycles. The van der Waals surface area contributed by atoms with Gasteiger partial charge in [0.2, 0.25) is 0 Å². The molecule has 0 saturated carbocycles. The summed E-state index contributed by atoms with van der Waals surface area (Å²) in [6.07, 6.45) is 0. The van der Waals surface area contributed by atoms with Crippen LogP contribution in [0, 0.1) is 13.8 Å². The zero-order chi connectivity index (χ0) is 21.2. The number of rotatable bonds is 7. The van der Waals surface area contributed by atoms with Crippen LogP contribution in [0.1, 0.15) is 27.3 Å². The summed E-state index contributed by atoms with van der Waals surface area (Å²) in [5.41, 5.74) is 8.00. The highest BCUT2D eigenvalue weighted by molar-refractivity contribution is 7.92. The molecular weight excluding hydrogens is 392 g/mol. The second-order valence-corrected chi connectivity index (χ2v) is 8.20. The highest BCUT2D eigenvalue weighted by atomic mass is 32.2. The Hall–Kier alpha value is -3.33. The molecule has 0 atom stereocenters. The summed E-state index contributed by atoms with van der Waals surface area (Å²) in [6.45, 7) is 4.04. The Kier molecular flexibility index (Phi) is 5.60. The number of nitrogens with zero attached hydrogens (tertiary/aromatic N) is 2. The molecule has 3 N–H and O–H groups in total. The van der Waals surface area contributed by atoms with E-state index in [-0.39, 0.29) is 16.2 Å². The van der Waals surface area contributed by atoms with E-state index in [1.54, 1.807) is 18.5 Å². The third kappa shape index (κ3) is 4.24. The van der Waals surface area contributed by atoms with Crippen LogP contribution in [0.2, 0.25) is 0 Å². The molecule has 0 aliphatic heterocycles. The number of anilines is 1. The Labute approximate surface area is 169 Å². The van der Waals surface area contributed by atoms with Gasteiger partial charge in [-0.15, -0.1) is 0 Å². The van der Waals surface area contributed by atoms with Gasteiger partial charge < -0.3 is 10.5 Å². The van der Waals surface area contributed by atoms with Crippen LogP contribution in [0.4, 0.5) is 5.69 Å². The number of hydrogen-bond donors (Lipinski definition) is 2. The lowest BCUT2D eigenvalue weighted by molar-refractivity contribution is 0.0997. The smallest absolute Gasteiger partial charge is 0.262 e. The van der Waals surface area contributed by atoms with Gasteiger partial charge in [-0.2, -0.15) is 5.10 Å². The number of carbonyl (C=O) groups excluding carboxylic acids is 1. The number of aryl methyl sites for hydroxylation is 1. The second-order valence-electron chi connectivity index (χ2n) is 6.52. The molecule has 3 rings (SSSR count). The van der Waals surface area contributed by atoms with Gasteiger partial charge in [0.05, 0.1) is 41.2 Å². The fourth-order valence-corrected chi connectivity index (χ4v) is 4.20. The number of methoxy groups -OCH3 is 1. The van der Waals surface area contributed by atoms with Crippen molar-refractivity contribution < 1.29 is 17.9 Å². The van der Waals surface area contributed by atoms with Gasteiger partial charge in [0.15, 0.2) is 0 Å². The van der Waals surface area contributed by atoms with E-state index < -0.39 is 15.9 Å². The number of carbonyl (C=O) groups is 1. The Balaban J connectivity index is 1.93. The number of nitrogens with one attached hydrogen (secondary N) is 1. The SMILES string of the molecule is COc1ccc(S(=O)(=O)Nc2c(C)nn(Cc3ccccc3)c2C)cc1C(N)=O. The standard InChI is InChI=1S/C20H22N4O4S/c1-13-19(14(2)24(22-13)12-15-7-5-4-6-8-15)23-29(26,27)16-9-10-18(28-3)17(11-16)20(21)25/h4-11,23H,12H2,1-3H3,(H2,21,25). The summed E-state index contributed by atoms with van der Waals surface area (Å²) in [4.78, 5) is 11.5. The summed E-state index contributed by atoms with van der Waals surface area (Å²) in [7, 11) is -2.59. The lowest BCUT2D eigenvalue weighted by Crippen LogP contribution is -2.17. The predicted molar refractivity (Wildman–Crippen MR) is 110 cm³/mol. The first-order valence-corrected chi connectivity index (χ1v) is 10.3. The monoisotopic (exact) mass is 414 g/mol. The van der Waals surface area contributed by atoms with E-state index in [0.717, 1.165) is 5.56 Å². The lowest BCUT2D eigenvalue weighted by Gasteiger charge is -2.11. The number of aromatic nitrogens is 2. The Bertz CT molecular complexity index is 1150. The Morgan fingerprint density at radius 1 is 1.17 bits per heavy atom. The molecule has 0 spiro atoms. The van der Waals surface area contributed by atoms with Crippen LogP contribution in [-0.2, 0) is 16.6 Å². The van der Waals surface area contributed by atoms with Crippen LogP contribution in [-0.4, -0.2) is 31.2 Å². The highest BCUT2D eigenvalue weighted by Crippen LogP contribution is 2.27. The number of nitrogens with two attached hydrogens (primary N) is 1. The molecule has 0 fully saturated rings. The minimum atomic E-state index is -3.97. The fourth-order valence-electron chi connectivity index (χ4n) is 3.00. The van der Waals surface area contributed by atoms with Gasteiger partial charge in [0, 0.05) is 0 Å². The molecule has 0 saturated heterocycles. The van der Waals surface area contributed by atoms with Crippen LogP contribution >= 0.6 is 0 Å². The quantitative estimate of drug-likeness (QED) is 0.616. The molecule has 0 bridgehead atoms. The number of amides is 1. The fraction of sp³-hybridized carbons (Fsp3) is 0.200. The van der Waals surface area contributed by atoms with Crippen molar-refractivity contribution in [2.75, 3.05) is 11.8 Å². The molecule has 0 aliphatic carbocycles. The Morgan fingerprint density at radius 3 is 2.48 bits per heavy atom. The van der Waals surface area contributed by atoms with Gasteiger partial charge in [0.25, 0.3) is 15.9 Å². The van der Waals surface area contributed by atoms with E-state index in [1.165, 1.54) is 25.3 Å². The molecule has 1 amide bonds. The summed E-state index contributed by atoms with van der Waals surface area (Å²) in [5.74, 6) is -0.568. The van der Waals surface area contributed by atoms with Gasteiger partial charge in [-0.25, -0.2) is 8.42 Å². The van der Waals surface area contributed by atoms with E-state index >= 15 is 0 Å². The molecule has 3 aromatic rings. The van der Waals surface area contributed by atoms with E-state index in [1.807, 2.05) is 30.3 Å². The molecule has 0 aliphatic rings. The van der Waals surface area contributed by atoms with Crippen molar-refractivity contribution in [2.24, 2.45) is 5.73 Å². The predicted octanol–water partition coefficient (Wildman–Crippen LogP) is 2.46. The maximum atomic E-state index is 12.9. The lowest BCUT2D eigenvalue weighted by atomic mass is 10.2. The molecule has 152 valence electrons. The first-order valence-electron chi connectivity index (χ1n) is 8.81. The molecule has 8 nitrogen and oxygen atoms in total. The maximum absolute atomic E-state index is 12.9. The van der Waals surface area contributed by atoms with Crippen LogP contribution < -0.4 is 15.2 Å². The van der Waals surface area contributed by atoms with Crippen LogP contribution in [0.15, 0.2) is 53.4 Å². The van der Waals surface area contributed by atoms with E-state index in [9.17, 15) is 13.2 Å². The van der Waals surface area contributed by atoms with Crippen molar-refractivity contribution in [3.63, 3.8) is 0 Å². The van der Waals surface area contributed by atoms with Crippen molar-refractivity contribution in [3.8, 4) is 5.75 Å². The van der Waals surface area contributed by atoms with Crippen molar-refractivity contribution in [1.29, 1.82) is 0 Å². The van der Waals surface area contributed by atoms with Crippen LogP contribution in [0.3, 0.4) is 0 Å². The molecule has 9 heteroatoms. The minimum Gasteiger partial charge on any atom is -0.496 e. The summed E-state index contributed by atoms with van der Waals surface area (Å²) in [5, 5.41) is 4.45. The number of hydrogen-bond acceptors (Lipinski definition) is 5. The largest absolute Gasteiger partial charge is 0.496 e. The molecule has 0 unspecified atom stereocenters. The third-order valence-corrected chi connectivity index (χ3v) is 5.89. The topological polar surface area (TPSA) is 116 Å². The van der Waals surface area contributed by atoms with Gasteiger partial charge in [-0.05, 0) is 37.6 Å². The zero-order valence-corrected chi connectivity index (χ0v) is 17.2. The summed E-state index contributed by atoms with van der Waals surface area (Å²) >= 11 is 0. The summed E-state index contributed by atoms with van der Waals surface area (Å²) < 4.78 is 35.2. The van der Waals surface area contributed by atoms with Crippen LogP contribution in [0.25, 0.3) is 0 Å². The minimum absolute atomic E-state index is 0.0106. The second kappa shape index (κ2) is 7.96. The van der Waals surface area contributed by atoms with Crippen molar-refractivity contribution in [2.45, 2.75) is 25.3 Å². The molecule has 2 aromatic carbocycles. The number of ether oxygens (including phenoxy) is 1. The third-order valence-electron chi connectivity index (χ3n) is 4.54. The normalized spacial score (nSPS) is 11.3. The maximum Gasteiger partial charge on any atom is 0.262 e. The van der Waals surface area contributed by atoms with Gasteiger partial charge in [-0.3, -0.25) is 14.2 Å². The van der Waals surface area contributed by atoms with Crippen LogP contribution in [0.5, 0.6) is 5.75 Å². The molecule has 0 radical (unpaired) electrons. The van der Waals surface area contributed by atoms with Crippen molar-refractivity contribution >= 4 is 21.6 Å². The number of benzene rings is 2. The number of sulfonamides is 1. The van der Waals surface area contributed by atoms with E-state index in [2.05, 4.69) is 9.82 Å². The van der Waals surface area contributed by atoms with Gasteiger partial charge in [-0.1, -0.05) is 30.3 Å².